The summed E-state index contributed by atoms with van der Waals surface area (Å²) in [4.78, 5) is 31.4. The van der Waals surface area contributed by atoms with Gasteiger partial charge in [0.1, 0.15) is 11.9 Å². The van der Waals surface area contributed by atoms with Gasteiger partial charge in [0.25, 0.3) is 5.91 Å². The number of rotatable bonds is 3. The van der Waals surface area contributed by atoms with Crippen LogP contribution < -0.4 is 10.6 Å². The Bertz CT molecular complexity index is 667. The minimum Gasteiger partial charge on any atom is -0.354 e. The summed E-state index contributed by atoms with van der Waals surface area (Å²) in [6.45, 7) is 0.680. The minimum atomic E-state index is -0.456. The molecule has 3 rings (SSSR count). The number of nitrogens with zero attached hydrogens (tertiary/aromatic N) is 1. The highest BCUT2D eigenvalue weighted by atomic mass is 16.2. The van der Waals surface area contributed by atoms with Crippen molar-refractivity contribution in [3.05, 3.63) is 42.2 Å². The maximum atomic E-state index is 12.4. The van der Waals surface area contributed by atoms with Gasteiger partial charge in [0.15, 0.2) is 0 Å². The molecule has 1 atom stereocenters. The lowest BCUT2D eigenvalue weighted by Gasteiger charge is -2.15. The highest BCUT2D eigenvalue weighted by Gasteiger charge is 2.22. The SMILES string of the molecule is O=C(NC1CCCCNC1=O)c1cccc(-c2ncc[nH]2)c1. The molecule has 0 spiro atoms. The van der Waals surface area contributed by atoms with Crippen molar-refractivity contribution in [3.63, 3.8) is 0 Å². The van der Waals surface area contributed by atoms with Gasteiger partial charge in [-0.1, -0.05) is 12.1 Å². The number of benzene rings is 1. The summed E-state index contributed by atoms with van der Waals surface area (Å²) in [6, 6.07) is 6.73. The normalized spacial score (nSPS) is 18.4. The Morgan fingerprint density at radius 1 is 1.32 bits per heavy atom. The number of amides is 2. The molecule has 0 aliphatic carbocycles. The van der Waals surface area contributed by atoms with Crippen LogP contribution in [0, 0.1) is 0 Å². The van der Waals surface area contributed by atoms with E-state index in [9.17, 15) is 9.59 Å². The molecular weight excluding hydrogens is 280 g/mol. The quantitative estimate of drug-likeness (QED) is 0.802. The zero-order chi connectivity index (χ0) is 15.4. The third-order valence-electron chi connectivity index (χ3n) is 3.74. The van der Waals surface area contributed by atoms with Crippen LogP contribution in [0.1, 0.15) is 29.6 Å². The summed E-state index contributed by atoms with van der Waals surface area (Å²) < 4.78 is 0. The first-order valence-electron chi connectivity index (χ1n) is 7.42. The molecule has 1 saturated heterocycles. The molecule has 1 fully saturated rings. The predicted octanol–water partition coefficient (Wildman–Crippen LogP) is 1.48. The van der Waals surface area contributed by atoms with Crippen molar-refractivity contribution in [1.29, 1.82) is 0 Å². The van der Waals surface area contributed by atoms with Crippen LogP contribution in [-0.2, 0) is 4.79 Å². The van der Waals surface area contributed by atoms with E-state index >= 15 is 0 Å². The average molecular weight is 298 g/mol. The van der Waals surface area contributed by atoms with Gasteiger partial charge in [-0.3, -0.25) is 9.59 Å². The molecule has 0 saturated carbocycles. The number of H-pyrrole nitrogens is 1. The number of carbonyl (C=O) groups is 2. The first kappa shape index (κ1) is 14.3. The van der Waals surface area contributed by atoms with Crippen LogP contribution in [0.25, 0.3) is 11.4 Å². The molecule has 2 aromatic rings. The van der Waals surface area contributed by atoms with Crippen molar-refractivity contribution in [2.75, 3.05) is 6.54 Å². The molecule has 2 amide bonds. The first-order valence-corrected chi connectivity index (χ1v) is 7.42. The van der Waals surface area contributed by atoms with Crippen molar-refractivity contribution in [1.82, 2.24) is 20.6 Å². The smallest absolute Gasteiger partial charge is 0.251 e. The van der Waals surface area contributed by atoms with Gasteiger partial charge < -0.3 is 15.6 Å². The molecule has 6 nitrogen and oxygen atoms in total. The third kappa shape index (κ3) is 3.16. The minimum absolute atomic E-state index is 0.104. The van der Waals surface area contributed by atoms with E-state index in [1.165, 1.54) is 0 Å². The van der Waals surface area contributed by atoms with Gasteiger partial charge in [-0.2, -0.15) is 0 Å². The standard InChI is InChI=1S/C16H18N4O2/c21-15(20-13-6-1-2-7-19-16(13)22)12-5-3-4-11(10-12)14-17-8-9-18-14/h3-5,8-10,13H,1-2,6-7H2,(H,17,18)(H,19,22)(H,20,21). The molecule has 22 heavy (non-hydrogen) atoms. The number of nitrogens with one attached hydrogen (secondary N) is 3. The lowest BCUT2D eigenvalue weighted by molar-refractivity contribution is -0.122. The lowest BCUT2D eigenvalue weighted by Crippen LogP contribution is -2.45. The van der Waals surface area contributed by atoms with E-state index in [2.05, 4.69) is 20.6 Å². The third-order valence-corrected chi connectivity index (χ3v) is 3.74. The van der Waals surface area contributed by atoms with E-state index in [-0.39, 0.29) is 11.8 Å². The largest absolute Gasteiger partial charge is 0.354 e. The predicted molar refractivity (Wildman–Crippen MR) is 82.1 cm³/mol. The fourth-order valence-corrected chi connectivity index (χ4v) is 2.55. The van der Waals surface area contributed by atoms with Gasteiger partial charge in [0.05, 0.1) is 0 Å². The van der Waals surface area contributed by atoms with Crippen molar-refractivity contribution in [2.45, 2.75) is 25.3 Å². The number of hydrogen-bond acceptors (Lipinski definition) is 3. The Kier molecular flexibility index (Phi) is 4.18. The molecule has 2 heterocycles. The van der Waals surface area contributed by atoms with Crippen LogP contribution in [0.3, 0.4) is 0 Å². The monoisotopic (exact) mass is 298 g/mol. The van der Waals surface area contributed by atoms with Crippen molar-refractivity contribution in [2.24, 2.45) is 0 Å². The van der Waals surface area contributed by atoms with Gasteiger partial charge >= 0.3 is 0 Å². The summed E-state index contributed by atoms with van der Waals surface area (Å²) in [5, 5.41) is 5.63. The highest BCUT2D eigenvalue weighted by molar-refractivity contribution is 5.98. The number of aromatic amines is 1. The molecule has 114 valence electrons. The summed E-state index contributed by atoms with van der Waals surface area (Å²) in [5.41, 5.74) is 1.36. The molecule has 3 N–H and O–H groups in total. The molecule has 1 aliphatic heterocycles. The van der Waals surface area contributed by atoms with E-state index in [1.54, 1.807) is 30.6 Å². The van der Waals surface area contributed by atoms with Gasteiger partial charge in [-0.05, 0) is 31.4 Å². The fraction of sp³-hybridized carbons (Fsp3) is 0.312. The van der Waals surface area contributed by atoms with E-state index in [1.807, 2.05) is 6.07 Å². The van der Waals surface area contributed by atoms with Gasteiger partial charge in [-0.25, -0.2) is 4.98 Å². The Morgan fingerprint density at radius 3 is 3.05 bits per heavy atom. The van der Waals surface area contributed by atoms with E-state index < -0.39 is 6.04 Å². The second kappa shape index (κ2) is 6.43. The number of imidazole rings is 1. The van der Waals surface area contributed by atoms with Crippen LogP contribution in [0.15, 0.2) is 36.7 Å². The van der Waals surface area contributed by atoms with Gasteiger partial charge in [0.2, 0.25) is 5.91 Å². The first-order chi connectivity index (χ1) is 10.7. The lowest BCUT2D eigenvalue weighted by atomic mass is 10.1. The van der Waals surface area contributed by atoms with Gasteiger partial charge in [-0.15, -0.1) is 0 Å². The van der Waals surface area contributed by atoms with E-state index in [0.29, 0.717) is 24.4 Å². The van der Waals surface area contributed by atoms with E-state index in [4.69, 9.17) is 0 Å². The molecule has 1 aromatic heterocycles. The summed E-state index contributed by atoms with van der Waals surface area (Å²) in [7, 11) is 0. The van der Waals surface area contributed by atoms with Crippen molar-refractivity contribution < 1.29 is 9.59 Å². The summed E-state index contributed by atoms with van der Waals surface area (Å²) in [5.74, 6) is 0.366. The van der Waals surface area contributed by atoms with Crippen molar-refractivity contribution in [3.8, 4) is 11.4 Å². The molecule has 1 unspecified atom stereocenters. The topological polar surface area (TPSA) is 86.9 Å². The van der Waals surface area contributed by atoms with Crippen LogP contribution >= 0.6 is 0 Å². The Labute approximate surface area is 128 Å². The zero-order valence-corrected chi connectivity index (χ0v) is 12.1. The molecule has 6 heteroatoms. The second-order valence-corrected chi connectivity index (χ2v) is 5.33. The van der Waals surface area contributed by atoms with E-state index in [0.717, 1.165) is 18.4 Å². The Balaban J connectivity index is 1.74. The Hall–Kier alpha value is -2.63. The van der Waals surface area contributed by atoms with Crippen LogP contribution in [0.2, 0.25) is 0 Å². The van der Waals surface area contributed by atoms with Crippen LogP contribution in [0.5, 0.6) is 0 Å². The molecule has 0 bridgehead atoms. The molecule has 1 aliphatic rings. The molecular formula is C16H18N4O2. The second-order valence-electron chi connectivity index (χ2n) is 5.33. The number of hydrogen-bond donors (Lipinski definition) is 3. The number of carbonyl (C=O) groups excluding carboxylic acids is 2. The molecule has 1 aromatic carbocycles. The maximum Gasteiger partial charge on any atom is 0.251 e. The molecule has 0 radical (unpaired) electrons. The van der Waals surface area contributed by atoms with Gasteiger partial charge in [0, 0.05) is 30.1 Å². The van der Waals surface area contributed by atoms with Crippen molar-refractivity contribution >= 4 is 11.8 Å². The highest BCUT2D eigenvalue weighted by Crippen LogP contribution is 2.16. The fourth-order valence-electron chi connectivity index (χ4n) is 2.55. The zero-order valence-electron chi connectivity index (χ0n) is 12.1. The number of aromatic nitrogens is 2. The van der Waals surface area contributed by atoms with Crippen LogP contribution in [0.4, 0.5) is 0 Å². The average Bonchev–Trinajstić information content (AvgIpc) is 3.00. The maximum absolute atomic E-state index is 12.4. The van der Waals surface area contributed by atoms with Crippen LogP contribution in [-0.4, -0.2) is 34.4 Å². The summed E-state index contributed by atoms with van der Waals surface area (Å²) in [6.07, 6.45) is 5.95. The summed E-state index contributed by atoms with van der Waals surface area (Å²) >= 11 is 0. The Morgan fingerprint density at radius 2 is 2.23 bits per heavy atom.